The van der Waals surface area contributed by atoms with E-state index in [9.17, 15) is 9.59 Å². The molecule has 0 aliphatic heterocycles. The van der Waals surface area contributed by atoms with Gasteiger partial charge < -0.3 is 9.64 Å². The Balaban J connectivity index is 1.56. The first kappa shape index (κ1) is 19.1. The molecule has 1 amide bonds. The Hall–Kier alpha value is -2.68. The van der Waals surface area contributed by atoms with Gasteiger partial charge in [0.25, 0.3) is 5.56 Å². The standard InChI is InChI=1S/C18H20BrN5O3/c1-22(9-6-10-27-13-7-4-3-5-8-13)14(25)11-24-12-20-17-15(18(24)26)16(19)21-23(17)2/h3-5,7-8,12H,6,9-11H2,1-2H3. The number of aromatic nitrogens is 4. The van der Waals surface area contributed by atoms with Crippen molar-refractivity contribution in [1.82, 2.24) is 24.2 Å². The Morgan fingerprint density at radius 1 is 1.30 bits per heavy atom. The van der Waals surface area contributed by atoms with Gasteiger partial charge >= 0.3 is 0 Å². The van der Waals surface area contributed by atoms with E-state index in [4.69, 9.17) is 4.74 Å². The molecular weight excluding hydrogens is 414 g/mol. The van der Waals surface area contributed by atoms with E-state index in [1.165, 1.54) is 15.6 Å². The highest BCUT2D eigenvalue weighted by Gasteiger charge is 2.16. The van der Waals surface area contributed by atoms with E-state index in [0.29, 0.717) is 35.2 Å². The molecule has 0 aliphatic carbocycles. The minimum absolute atomic E-state index is 0.0703. The molecule has 142 valence electrons. The third kappa shape index (κ3) is 4.36. The summed E-state index contributed by atoms with van der Waals surface area (Å²) in [6, 6.07) is 9.53. The average molecular weight is 434 g/mol. The third-order valence-corrected chi connectivity index (χ3v) is 4.70. The number of halogens is 1. The quantitative estimate of drug-likeness (QED) is 0.530. The van der Waals surface area contributed by atoms with Gasteiger partial charge in [-0.25, -0.2) is 9.67 Å². The zero-order valence-electron chi connectivity index (χ0n) is 15.1. The second kappa shape index (κ2) is 8.34. The molecule has 0 saturated carbocycles. The van der Waals surface area contributed by atoms with Crippen LogP contribution >= 0.6 is 15.9 Å². The summed E-state index contributed by atoms with van der Waals surface area (Å²) in [5, 5.41) is 4.50. The van der Waals surface area contributed by atoms with Crippen LogP contribution in [0, 0.1) is 0 Å². The summed E-state index contributed by atoms with van der Waals surface area (Å²) in [6.07, 6.45) is 2.07. The number of carbonyl (C=O) groups excluding carboxylic acids is 1. The predicted molar refractivity (Wildman–Crippen MR) is 105 cm³/mol. The van der Waals surface area contributed by atoms with Crippen molar-refractivity contribution < 1.29 is 9.53 Å². The lowest BCUT2D eigenvalue weighted by Crippen LogP contribution is -2.35. The van der Waals surface area contributed by atoms with E-state index in [1.54, 1.807) is 19.0 Å². The smallest absolute Gasteiger partial charge is 0.266 e. The number of fused-ring (bicyclic) bond motifs is 1. The highest BCUT2D eigenvalue weighted by Crippen LogP contribution is 2.16. The summed E-state index contributed by atoms with van der Waals surface area (Å²) in [6.45, 7) is 0.976. The largest absolute Gasteiger partial charge is 0.494 e. The number of ether oxygens (including phenoxy) is 1. The molecule has 0 bridgehead atoms. The van der Waals surface area contributed by atoms with E-state index in [2.05, 4.69) is 26.0 Å². The van der Waals surface area contributed by atoms with Crippen molar-refractivity contribution in [2.75, 3.05) is 20.2 Å². The van der Waals surface area contributed by atoms with Gasteiger partial charge in [0.15, 0.2) is 5.65 Å². The van der Waals surface area contributed by atoms with E-state index in [-0.39, 0.29) is 18.0 Å². The minimum atomic E-state index is -0.297. The van der Waals surface area contributed by atoms with Crippen LogP contribution in [0.4, 0.5) is 0 Å². The lowest BCUT2D eigenvalue weighted by atomic mass is 10.3. The fourth-order valence-electron chi connectivity index (χ4n) is 2.65. The number of carbonyl (C=O) groups is 1. The molecule has 2 heterocycles. The number of rotatable bonds is 7. The second-order valence-corrected chi connectivity index (χ2v) is 6.87. The first-order valence-corrected chi connectivity index (χ1v) is 9.26. The van der Waals surface area contributed by atoms with Crippen molar-refractivity contribution in [1.29, 1.82) is 0 Å². The summed E-state index contributed by atoms with van der Waals surface area (Å²) in [5.41, 5.74) is 0.177. The summed E-state index contributed by atoms with van der Waals surface area (Å²) >= 11 is 3.26. The van der Waals surface area contributed by atoms with Crippen LogP contribution in [0.3, 0.4) is 0 Å². The van der Waals surface area contributed by atoms with Crippen LogP contribution in [-0.4, -0.2) is 50.3 Å². The van der Waals surface area contributed by atoms with Crippen molar-refractivity contribution in [3.8, 4) is 5.75 Å². The molecule has 27 heavy (non-hydrogen) atoms. The number of nitrogens with zero attached hydrogens (tertiary/aromatic N) is 5. The number of aryl methyl sites for hydroxylation is 1. The van der Waals surface area contributed by atoms with Crippen LogP contribution in [-0.2, 0) is 18.4 Å². The summed E-state index contributed by atoms with van der Waals surface area (Å²) in [4.78, 5) is 30.8. The number of hydrogen-bond donors (Lipinski definition) is 0. The van der Waals surface area contributed by atoms with Crippen molar-refractivity contribution in [3.63, 3.8) is 0 Å². The van der Waals surface area contributed by atoms with Gasteiger partial charge in [-0.2, -0.15) is 5.10 Å². The van der Waals surface area contributed by atoms with Gasteiger partial charge in [0.05, 0.1) is 6.61 Å². The molecule has 9 heteroatoms. The predicted octanol–water partition coefficient (Wildman–Crippen LogP) is 1.82. The SMILES string of the molecule is CN(CCCOc1ccccc1)C(=O)Cn1cnc2c(c(Br)nn2C)c1=O. The third-order valence-electron chi connectivity index (χ3n) is 4.15. The monoisotopic (exact) mass is 433 g/mol. The van der Waals surface area contributed by atoms with E-state index < -0.39 is 0 Å². The van der Waals surface area contributed by atoms with Crippen LogP contribution in [0.25, 0.3) is 11.0 Å². The molecule has 8 nitrogen and oxygen atoms in total. The lowest BCUT2D eigenvalue weighted by molar-refractivity contribution is -0.130. The maximum absolute atomic E-state index is 12.6. The maximum atomic E-state index is 12.6. The van der Waals surface area contributed by atoms with E-state index >= 15 is 0 Å². The molecule has 1 aromatic carbocycles. The van der Waals surface area contributed by atoms with Crippen LogP contribution in [0.1, 0.15) is 6.42 Å². The average Bonchev–Trinajstić information content (AvgIpc) is 2.96. The van der Waals surface area contributed by atoms with Crippen LogP contribution in [0.15, 0.2) is 46.1 Å². The van der Waals surface area contributed by atoms with E-state index in [0.717, 1.165) is 5.75 Å². The molecule has 0 unspecified atom stereocenters. The topological polar surface area (TPSA) is 82.2 Å². The molecule has 3 aromatic rings. The minimum Gasteiger partial charge on any atom is -0.494 e. The van der Waals surface area contributed by atoms with Crippen molar-refractivity contribution in [2.45, 2.75) is 13.0 Å². The Morgan fingerprint density at radius 2 is 2.04 bits per heavy atom. The molecule has 3 rings (SSSR count). The molecular formula is C18H20BrN5O3. The fourth-order valence-corrected chi connectivity index (χ4v) is 3.23. The normalized spacial score (nSPS) is 10.9. The first-order valence-electron chi connectivity index (χ1n) is 8.47. The highest BCUT2D eigenvalue weighted by molar-refractivity contribution is 9.10. The number of para-hydroxylation sites is 1. The molecule has 0 atom stereocenters. The zero-order valence-corrected chi connectivity index (χ0v) is 16.7. The molecule has 0 radical (unpaired) electrons. The number of likely N-dealkylation sites (N-methyl/N-ethyl adjacent to an activating group) is 1. The molecule has 0 spiro atoms. The number of amides is 1. The zero-order chi connectivity index (χ0) is 19.4. The van der Waals surface area contributed by atoms with E-state index in [1.807, 2.05) is 30.3 Å². The van der Waals surface area contributed by atoms with Crippen LogP contribution in [0.2, 0.25) is 0 Å². The summed E-state index contributed by atoms with van der Waals surface area (Å²) < 4.78 is 8.86. The van der Waals surface area contributed by atoms with Crippen molar-refractivity contribution in [2.24, 2.45) is 7.05 Å². The van der Waals surface area contributed by atoms with Gasteiger partial charge in [-0.15, -0.1) is 0 Å². The molecule has 0 saturated heterocycles. The molecule has 0 fully saturated rings. The van der Waals surface area contributed by atoms with Gasteiger partial charge in [0.2, 0.25) is 5.91 Å². The summed E-state index contributed by atoms with van der Waals surface area (Å²) in [5.74, 6) is 0.637. The second-order valence-electron chi connectivity index (χ2n) is 6.12. The molecule has 0 N–H and O–H groups in total. The van der Waals surface area contributed by atoms with Crippen molar-refractivity contribution >= 4 is 32.9 Å². The van der Waals surface area contributed by atoms with Gasteiger partial charge in [-0.1, -0.05) is 18.2 Å². The van der Waals surface area contributed by atoms with Gasteiger partial charge in [0.1, 0.15) is 28.6 Å². The van der Waals surface area contributed by atoms with Crippen LogP contribution in [0.5, 0.6) is 5.75 Å². The Kier molecular flexibility index (Phi) is 5.90. The highest BCUT2D eigenvalue weighted by atomic mass is 79.9. The van der Waals surface area contributed by atoms with Gasteiger partial charge in [-0.05, 0) is 34.5 Å². The molecule has 2 aromatic heterocycles. The van der Waals surface area contributed by atoms with Crippen molar-refractivity contribution in [3.05, 3.63) is 51.6 Å². The summed E-state index contributed by atoms with van der Waals surface area (Å²) in [7, 11) is 3.42. The lowest BCUT2D eigenvalue weighted by Gasteiger charge is -2.18. The number of benzene rings is 1. The van der Waals surface area contributed by atoms with Gasteiger partial charge in [0, 0.05) is 20.6 Å². The Bertz CT molecular complexity index is 999. The van der Waals surface area contributed by atoms with Crippen LogP contribution < -0.4 is 10.3 Å². The first-order chi connectivity index (χ1) is 13.0. The van der Waals surface area contributed by atoms with Gasteiger partial charge in [-0.3, -0.25) is 14.2 Å². The molecule has 0 aliphatic rings. The fraction of sp³-hybridized carbons (Fsp3) is 0.333. The number of hydrogen-bond acceptors (Lipinski definition) is 5. The Morgan fingerprint density at radius 3 is 2.78 bits per heavy atom. The Labute approximate surface area is 164 Å². The maximum Gasteiger partial charge on any atom is 0.266 e.